The van der Waals surface area contributed by atoms with E-state index in [1.54, 1.807) is 11.1 Å². The Morgan fingerprint density at radius 2 is 2.14 bits per heavy atom. The van der Waals surface area contributed by atoms with Crippen LogP contribution in [0.2, 0.25) is 0 Å². The Morgan fingerprint density at radius 3 is 2.82 bits per heavy atom. The zero-order valence-corrected chi connectivity index (χ0v) is 14.1. The summed E-state index contributed by atoms with van der Waals surface area (Å²) >= 11 is 0. The van der Waals surface area contributed by atoms with Crippen LogP contribution in [0.15, 0.2) is 18.2 Å². The lowest BCUT2D eigenvalue weighted by molar-refractivity contribution is 0.303. The third-order valence-corrected chi connectivity index (χ3v) is 5.04. The monoisotopic (exact) mass is 298 g/mol. The van der Waals surface area contributed by atoms with Crippen LogP contribution in [0.1, 0.15) is 74.9 Å². The number of fused-ring (bicyclic) bond motifs is 1. The van der Waals surface area contributed by atoms with Gasteiger partial charge in [0.2, 0.25) is 0 Å². The van der Waals surface area contributed by atoms with Crippen molar-refractivity contribution in [1.29, 1.82) is 0 Å². The van der Waals surface area contributed by atoms with Crippen LogP contribution in [0.25, 0.3) is 0 Å². The van der Waals surface area contributed by atoms with Gasteiger partial charge >= 0.3 is 0 Å². The molecule has 1 aliphatic rings. The molecule has 3 rings (SSSR count). The number of hydrogen-bond donors (Lipinski definition) is 1. The standard InChI is InChI=1S/C18H26N4/c1-12-5-6-13-7-8-14(11-15(12)13)16(18(2,3)4)9-10-17-19-21-22-20-17/h7-8,11-12,16H,5-6,9-10H2,1-4H3,(H,19,20,21,22). The van der Waals surface area contributed by atoms with E-state index in [9.17, 15) is 0 Å². The average Bonchev–Trinajstić information content (AvgIpc) is 3.08. The second-order valence-electron chi connectivity index (χ2n) is 7.68. The molecule has 0 amide bonds. The summed E-state index contributed by atoms with van der Waals surface area (Å²) in [5, 5.41) is 14.4. The third kappa shape index (κ3) is 3.06. The second-order valence-corrected chi connectivity index (χ2v) is 7.68. The lowest BCUT2D eigenvalue weighted by Gasteiger charge is -2.31. The van der Waals surface area contributed by atoms with Crippen LogP contribution < -0.4 is 0 Å². The molecule has 4 nitrogen and oxygen atoms in total. The fourth-order valence-electron chi connectivity index (χ4n) is 3.71. The van der Waals surface area contributed by atoms with E-state index in [-0.39, 0.29) is 5.41 Å². The second kappa shape index (κ2) is 5.82. The predicted octanol–water partition coefficient (Wildman–Crippen LogP) is 4.01. The van der Waals surface area contributed by atoms with Crippen LogP contribution in [0.3, 0.4) is 0 Å². The van der Waals surface area contributed by atoms with Gasteiger partial charge in [-0.25, -0.2) is 0 Å². The van der Waals surface area contributed by atoms with Crippen LogP contribution in [0, 0.1) is 5.41 Å². The van der Waals surface area contributed by atoms with E-state index >= 15 is 0 Å². The Labute approximate surface area is 132 Å². The molecule has 0 saturated carbocycles. The topological polar surface area (TPSA) is 54.5 Å². The van der Waals surface area contributed by atoms with Crippen molar-refractivity contribution in [2.75, 3.05) is 0 Å². The zero-order valence-electron chi connectivity index (χ0n) is 14.1. The number of rotatable bonds is 4. The number of benzene rings is 1. The Kier molecular flexibility index (Phi) is 4.02. The number of aromatic amines is 1. The highest BCUT2D eigenvalue weighted by molar-refractivity contribution is 5.39. The Balaban J connectivity index is 1.85. The number of aryl methyl sites for hydroxylation is 2. The summed E-state index contributed by atoms with van der Waals surface area (Å²) in [6.07, 6.45) is 4.45. The van der Waals surface area contributed by atoms with Gasteiger partial charge in [0, 0.05) is 6.42 Å². The molecule has 1 aliphatic carbocycles. The van der Waals surface area contributed by atoms with Gasteiger partial charge in [-0.15, -0.1) is 10.2 Å². The maximum absolute atomic E-state index is 4.09. The summed E-state index contributed by atoms with van der Waals surface area (Å²) in [6, 6.07) is 7.14. The molecule has 0 radical (unpaired) electrons. The van der Waals surface area contributed by atoms with Crippen molar-refractivity contribution in [1.82, 2.24) is 20.6 Å². The molecule has 4 heteroatoms. The fraction of sp³-hybridized carbons (Fsp3) is 0.611. The quantitative estimate of drug-likeness (QED) is 0.927. The Bertz CT molecular complexity index is 625. The van der Waals surface area contributed by atoms with Crippen molar-refractivity contribution in [3.8, 4) is 0 Å². The number of H-pyrrole nitrogens is 1. The van der Waals surface area contributed by atoms with Gasteiger partial charge in [-0.2, -0.15) is 5.21 Å². The fourth-order valence-corrected chi connectivity index (χ4v) is 3.71. The largest absolute Gasteiger partial charge is 0.177 e. The molecule has 0 spiro atoms. The minimum atomic E-state index is 0.222. The van der Waals surface area contributed by atoms with Crippen LogP contribution in [0.4, 0.5) is 0 Å². The highest BCUT2D eigenvalue weighted by Crippen LogP contribution is 2.41. The number of aromatic nitrogens is 4. The van der Waals surface area contributed by atoms with Crippen LogP contribution in [0.5, 0.6) is 0 Å². The number of nitrogens with zero attached hydrogens (tertiary/aromatic N) is 3. The lowest BCUT2D eigenvalue weighted by atomic mass is 9.73. The smallest absolute Gasteiger partial charge is 0.174 e. The molecule has 0 saturated heterocycles. The minimum Gasteiger partial charge on any atom is -0.177 e. The van der Waals surface area contributed by atoms with Gasteiger partial charge in [0.25, 0.3) is 0 Å². The first-order valence-corrected chi connectivity index (χ1v) is 8.30. The molecule has 0 bridgehead atoms. The third-order valence-electron chi connectivity index (χ3n) is 5.04. The Hall–Kier alpha value is -1.71. The average molecular weight is 298 g/mol. The summed E-state index contributed by atoms with van der Waals surface area (Å²) in [5.74, 6) is 2.01. The van der Waals surface area contributed by atoms with Gasteiger partial charge in [0.15, 0.2) is 5.82 Å². The van der Waals surface area contributed by atoms with Crippen molar-refractivity contribution in [3.05, 3.63) is 40.7 Å². The van der Waals surface area contributed by atoms with E-state index in [1.807, 2.05) is 0 Å². The van der Waals surface area contributed by atoms with E-state index in [4.69, 9.17) is 0 Å². The molecular formula is C18H26N4. The van der Waals surface area contributed by atoms with E-state index in [2.05, 4.69) is 66.5 Å². The van der Waals surface area contributed by atoms with Gasteiger partial charge in [-0.05, 0) is 53.2 Å². The Morgan fingerprint density at radius 1 is 1.32 bits per heavy atom. The predicted molar refractivity (Wildman–Crippen MR) is 87.9 cm³/mol. The SMILES string of the molecule is CC1CCc2ccc(C(CCc3nn[nH]n3)C(C)(C)C)cc21. The molecule has 2 unspecified atom stereocenters. The molecule has 22 heavy (non-hydrogen) atoms. The zero-order chi connectivity index (χ0) is 15.7. The highest BCUT2D eigenvalue weighted by Gasteiger charge is 2.28. The van der Waals surface area contributed by atoms with Crippen molar-refractivity contribution < 1.29 is 0 Å². The van der Waals surface area contributed by atoms with E-state index in [1.165, 1.54) is 18.4 Å². The molecule has 118 valence electrons. The molecule has 0 fully saturated rings. The molecule has 1 aromatic heterocycles. The maximum Gasteiger partial charge on any atom is 0.174 e. The van der Waals surface area contributed by atoms with Gasteiger partial charge in [-0.1, -0.05) is 51.1 Å². The lowest BCUT2D eigenvalue weighted by Crippen LogP contribution is -2.19. The molecule has 2 atom stereocenters. The molecular weight excluding hydrogens is 272 g/mol. The van der Waals surface area contributed by atoms with Gasteiger partial charge < -0.3 is 0 Å². The minimum absolute atomic E-state index is 0.222. The van der Waals surface area contributed by atoms with Gasteiger partial charge in [-0.3, -0.25) is 0 Å². The van der Waals surface area contributed by atoms with Crippen molar-refractivity contribution in [2.24, 2.45) is 5.41 Å². The van der Waals surface area contributed by atoms with Crippen molar-refractivity contribution in [2.45, 2.75) is 65.2 Å². The van der Waals surface area contributed by atoms with Crippen LogP contribution in [-0.2, 0) is 12.8 Å². The summed E-state index contributed by atoms with van der Waals surface area (Å²) in [7, 11) is 0. The molecule has 1 heterocycles. The van der Waals surface area contributed by atoms with Gasteiger partial charge in [0.05, 0.1) is 0 Å². The van der Waals surface area contributed by atoms with Crippen molar-refractivity contribution in [3.63, 3.8) is 0 Å². The summed E-state index contributed by atoms with van der Waals surface area (Å²) in [5.41, 5.74) is 4.79. The van der Waals surface area contributed by atoms with E-state index in [0.29, 0.717) is 11.8 Å². The van der Waals surface area contributed by atoms with E-state index in [0.717, 1.165) is 18.7 Å². The van der Waals surface area contributed by atoms with Crippen LogP contribution in [-0.4, -0.2) is 20.6 Å². The summed E-state index contributed by atoms with van der Waals surface area (Å²) in [4.78, 5) is 0. The highest BCUT2D eigenvalue weighted by atomic mass is 15.5. The van der Waals surface area contributed by atoms with Gasteiger partial charge in [0.1, 0.15) is 0 Å². The molecule has 1 aromatic carbocycles. The van der Waals surface area contributed by atoms with E-state index < -0.39 is 0 Å². The molecule has 1 N–H and O–H groups in total. The first kappa shape index (κ1) is 15.2. The van der Waals surface area contributed by atoms with Crippen molar-refractivity contribution >= 4 is 0 Å². The maximum atomic E-state index is 4.09. The molecule has 2 aromatic rings. The molecule has 0 aliphatic heterocycles. The number of nitrogens with one attached hydrogen (secondary N) is 1. The normalized spacial score (nSPS) is 19.2. The number of hydrogen-bond acceptors (Lipinski definition) is 3. The number of tetrazole rings is 1. The van der Waals surface area contributed by atoms with Crippen LogP contribution >= 0.6 is 0 Å². The first-order chi connectivity index (χ1) is 10.4. The first-order valence-electron chi connectivity index (χ1n) is 8.30. The summed E-state index contributed by atoms with van der Waals surface area (Å²) in [6.45, 7) is 9.32. The summed E-state index contributed by atoms with van der Waals surface area (Å²) < 4.78 is 0.